The molecule has 3 nitrogen and oxygen atoms in total. The van der Waals surface area contributed by atoms with E-state index in [9.17, 15) is 0 Å². The van der Waals surface area contributed by atoms with Crippen LogP contribution in [0.2, 0.25) is 0 Å². The second kappa shape index (κ2) is 6.53. The summed E-state index contributed by atoms with van der Waals surface area (Å²) >= 11 is 1.83. The van der Waals surface area contributed by atoms with Gasteiger partial charge in [-0.2, -0.15) is 11.8 Å². The lowest BCUT2D eigenvalue weighted by Gasteiger charge is -2.15. The van der Waals surface area contributed by atoms with Crippen molar-refractivity contribution in [1.29, 1.82) is 0 Å². The topological polar surface area (TPSA) is 38.5 Å². The fraction of sp³-hybridized carbons (Fsp3) is 0.500. The molecule has 0 heterocycles. The zero-order chi connectivity index (χ0) is 12.0. The molecule has 0 bridgehead atoms. The van der Waals surface area contributed by atoms with E-state index in [0.717, 1.165) is 30.2 Å². The minimum atomic E-state index is 0.703. The molecule has 0 aliphatic carbocycles. The average molecular weight is 240 g/mol. The third-order valence-corrected chi connectivity index (χ3v) is 2.96. The van der Waals surface area contributed by atoms with Crippen LogP contribution in [0.3, 0.4) is 0 Å². The molecule has 1 aromatic carbocycles. The Morgan fingerprint density at radius 3 is 2.75 bits per heavy atom. The third kappa shape index (κ3) is 3.85. The number of nitrogens with zero attached hydrogens (tertiary/aromatic N) is 1. The van der Waals surface area contributed by atoms with Crippen LogP contribution in [0.1, 0.15) is 6.42 Å². The van der Waals surface area contributed by atoms with E-state index in [1.54, 1.807) is 0 Å². The second-order valence-electron chi connectivity index (χ2n) is 3.81. The van der Waals surface area contributed by atoms with Gasteiger partial charge < -0.3 is 15.4 Å². The highest BCUT2D eigenvalue weighted by Crippen LogP contribution is 2.26. The minimum Gasteiger partial charge on any atom is -0.491 e. The maximum absolute atomic E-state index is 5.86. The summed E-state index contributed by atoms with van der Waals surface area (Å²) in [6, 6.07) is 5.86. The fourth-order valence-corrected chi connectivity index (χ4v) is 1.72. The van der Waals surface area contributed by atoms with E-state index in [1.165, 1.54) is 0 Å². The van der Waals surface area contributed by atoms with Crippen molar-refractivity contribution < 1.29 is 4.74 Å². The lowest BCUT2D eigenvalue weighted by molar-refractivity contribution is 0.320. The molecule has 0 saturated carbocycles. The zero-order valence-electron chi connectivity index (χ0n) is 10.2. The lowest BCUT2D eigenvalue weighted by Crippen LogP contribution is -2.09. The number of benzene rings is 1. The molecular weight excluding hydrogens is 220 g/mol. The van der Waals surface area contributed by atoms with Gasteiger partial charge >= 0.3 is 0 Å². The number of thioether (sulfide) groups is 1. The summed E-state index contributed by atoms with van der Waals surface area (Å²) in [4.78, 5) is 2.04. The van der Waals surface area contributed by atoms with Gasteiger partial charge in [0.05, 0.1) is 12.3 Å². The van der Waals surface area contributed by atoms with Gasteiger partial charge in [-0.1, -0.05) is 0 Å². The quantitative estimate of drug-likeness (QED) is 0.612. The molecule has 2 N–H and O–H groups in total. The van der Waals surface area contributed by atoms with Crippen molar-refractivity contribution in [1.82, 2.24) is 0 Å². The first-order chi connectivity index (χ1) is 7.65. The van der Waals surface area contributed by atoms with E-state index in [-0.39, 0.29) is 0 Å². The average Bonchev–Trinajstić information content (AvgIpc) is 2.26. The second-order valence-corrected chi connectivity index (χ2v) is 4.80. The van der Waals surface area contributed by atoms with Gasteiger partial charge in [-0.05, 0) is 30.6 Å². The molecule has 0 spiro atoms. The van der Waals surface area contributed by atoms with Crippen molar-refractivity contribution in [3.63, 3.8) is 0 Å². The van der Waals surface area contributed by atoms with Crippen molar-refractivity contribution in [3.05, 3.63) is 18.2 Å². The van der Waals surface area contributed by atoms with Gasteiger partial charge in [-0.15, -0.1) is 0 Å². The molecule has 4 heteroatoms. The summed E-state index contributed by atoms with van der Waals surface area (Å²) in [7, 11) is 4.01. The Bertz CT molecular complexity index is 329. The Balaban J connectivity index is 2.60. The van der Waals surface area contributed by atoms with Crippen molar-refractivity contribution in [2.75, 3.05) is 43.3 Å². The van der Waals surface area contributed by atoms with E-state index in [4.69, 9.17) is 10.5 Å². The first-order valence-electron chi connectivity index (χ1n) is 5.33. The van der Waals surface area contributed by atoms with E-state index >= 15 is 0 Å². The normalized spacial score (nSPS) is 10.2. The summed E-state index contributed by atoms with van der Waals surface area (Å²) in [5.74, 6) is 1.90. The number of ether oxygens (including phenoxy) is 1. The summed E-state index contributed by atoms with van der Waals surface area (Å²) in [6.07, 6.45) is 3.15. The molecule has 1 aromatic rings. The Labute approximate surface area is 102 Å². The highest BCUT2D eigenvalue weighted by molar-refractivity contribution is 7.98. The predicted molar refractivity (Wildman–Crippen MR) is 73.7 cm³/mol. The van der Waals surface area contributed by atoms with Crippen LogP contribution in [-0.4, -0.2) is 32.7 Å². The van der Waals surface area contributed by atoms with Crippen LogP contribution >= 0.6 is 11.8 Å². The largest absolute Gasteiger partial charge is 0.491 e. The monoisotopic (exact) mass is 240 g/mol. The van der Waals surface area contributed by atoms with Gasteiger partial charge in [0.2, 0.25) is 0 Å². The summed E-state index contributed by atoms with van der Waals surface area (Å²) < 4.78 is 5.66. The molecular formula is C12H20N2OS. The molecule has 0 atom stereocenters. The molecule has 0 aromatic heterocycles. The van der Waals surface area contributed by atoms with Crippen LogP contribution < -0.4 is 15.4 Å². The number of nitrogen functional groups attached to an aromatic ring is 1. The minimum absolute atomic E-state index is 0.703. The lowest BCUT2D eigenvalue weighted by atomic mass is 10.2. The number of hydrogen-bond acceptors (Lipinski definition) is 4. The van der Waals surface area contributed by atoms with Crippen molar-refractivity contribution in [3.8, 4) is 5.75 Å². The number of anilines is 2. The molecule has 0 aliphatic rings. The van der Waals surface area contributed by atoms with Crippen LogP contribution in [0.5, 0.6) is 5.75 Å². The van der Waals surface area contributed by atoms with E-state index in [1.807, 2.05) is 49.0 Å². The number of rotatable bonds is 6. The summed E-state index contributed by atoms with van der Waals surface area (Å²) in [5, 5.41) is 0. The van der Waals surface area contributed by atoms with Gasteiger partial charge in [0.25, 0.3) is 0 Å². The third-order valence-electron chi connectivity index (χ3n) is 2.26. The van der Waals surface area contributed by atoms with Gasteiger partial charge in [-0.3, -0.25) is 0 Å². The molecule has 0 radical (unpaired) electrons. The standard InChI is InChI=1S/C12H20N2OS/c1-14(2)10-5-6-11(13)12(9-10)15-7-4-8-16-3/h5-6,9H,4,7-8,13H2,1-3H3. The molecule has 0 fully saturated rings. The van der Waals surface area contributed by atoms with Gasteiger partial charge in [-0.25, -0.2) is 0 Å². The van der Waals surface area contributed by atoms with E-state index in [2.05, 4.69) is 6.26 Å². The fourth-order valence-electron chi connectivity index (χ4n) is 1.31. The van der Waals surface area contributed by atoms with Crippen LogP contribution in [0, 0.1) is 0 Å². The SMILES string of the molecule is CSCCCOc1cc(N(C)C)ccc1N. The number of nitrogens with two attached hydrogens (primary N) is 1. The van der Waals surface area contributed by atoms with E-state index < -0.39 is 0 Å². The van der Waals surface area contributed by atoms with Crippen molar-refractivity contribution in [2.45, 2.75) is 6.42 Å². The molecule has 0 unspecified atom stereocenters. The molecule has 0 aliphatic heterocycles. The number of hydrogen-bond donors (Lipinski definition) is 1. The zero-order valence-corrected chi connectivity index (χ0v) is 11.0. The molecule has 16 heavy (non-hydrogen) atoms. The van der Waals surface area contributed by atoms with Crippen molar-refractivity contribution in [2.24, 2.45) is 0 Å². The predicted octanol–water partition coefficient (Wildman–Crippen LogP) is 2.47. The van der Waals surface area contributed by atoms with Crippen molar-refractivity contribution >= 4 is 23.1 Å². The first kappa shape index (κ1) is 13.0. The Hall–Kier alpha value is -1.03. The van der Waals surface area contributed by atoms with Crippen LogP contribution in [0.4, 0.5) is 11.4 Å². The highest BCUT2D eigenvalue weighted by atomic mass is 32.2. The van der Waals surface area contributed by atoms with Gasteiger partial charge in [0.15, 0.2) is 0 Å². The maximum Gasteiger partial charge on any atom is 0.144 e. The first-order valence-corrected chi connectivity index (χ1v) is 6.73. The molecule has 0 saturated heterocycles. The maximum atomic E-state index is 5.86. The van der Waals surface area contributed by atoms with Gasteiger partial charge in [0.1, 0.15) is 5.75 Å². The highest BCUT2D eigenvalue weighted by Gasteiger charge is 2.03. The van der Waals surface area contributed by atoms with Crippen LogP contribution in [0.25, 0.3) is 0 Å². The summed E-state index contributed by atoms with van der Waals surface area (Å²) in [5.41, 5.74) is 7.66. The Morgan fingerprint density at radius 2 is 2.12 bits per heavy atom. The Morgan fingerprint density at radius 1 is 1.38 bits per heavy atom. The van der Waals surface area contributed by atoms with Gasteiger partial charge in [0, 0.05) is 25.8 Å². The van der Waals surface area contributed by atoms with Crippen LogP contribution in [-0.2, 0) is 0 Å². The Kier molecular flexibility index (Phi) is 5.32. The van der Waals surface area contributed by atoms with E-state index in [0.29, 0.717) is 5.69 Å². The molecule has 90 valence electrons. The molecule has 1 rings (SSSR count). The van der Waals surface area contributed by atoms with Crippen LogP contribution in [0.15, 0.2) is 18.2 Å². The summed E-state index contributed by atoms with van der Waals surface area (Å²) in [6.45, 7) is 0.724. The molecule has 0 amide bonds. The smallest absolute Gasteiger partial charge is 0.144 e.